The van der Waals surface area contributed by atoms with Crippen molar-refractivity contribution in [2.75, 3.05) is 40.5 Å². The Balaban J connectivity index is 0.00000320. The highest BCUT2D eigenvalue weighted by Gasteiger charge is 2.21. The van der Waals surface area contributed by atoms with Gasteiger partial charge in [-0.1, -0.05) is 24.3 Å². The largest absolute Gasteiger partial charge is 0.385 e. The smallest absolute Gasteiger partial charge is 0.193 e. The summed E-state index contributed by atoms with van der Waals surface area (Å²) in [5.41, 5.74) is 2.49. The van der Waals surface area contributed by atoms with Gasteiger partial charge in [0.05, 0.1) is 12.6 Å². The Labute approximate surface area is 196 Å². The maximum atomic E-state index is 5.96. The molecule has 30 heavy (non-hydrogen) atoms. The lowest BCUT2D eigenvalue weighted by Gasteiger charge is -2.34. The minimum absolute atomic E-state index is 0. The summed E-state index contributed by atoms with van der Waals surface area (Å²) in [5, 5.41) is 7.79. The average Bonchev–Trinajstić information content (AvgIpc) is 3.26. The third-order valence-corrected chi connectivity index (χ3v) is 5.15. The standard InChI is InChI=1S/C22H33N5O2.HI/c1-23-22(26-12-8-21(9-13-26)29-15-5-14-28-2)24-17-19-6-3-7-20(16-19)18-27-11-4-10-25-27;/h3-4,6-7,10-11,16,21H,5,8-9,12-15,17-18H2,1-2H3,(H,23,24);1H. The number of ether oxygens (including phenoxy) is 2. The van der Waals surface area contributed by atoms with Gasteiger partial charge in [0, 0.05) is 59.4 Å². The number of benzene rings is 1. The van der Waals surface area contributed by atoms with E-state index in [0.717, 1.165) is 64.6 Å². The van der Waals surface area contributed by atoms with Crippen LogP contribution in [0.4, 0.5) is 0 Å². The SMILES string of the molecule is CN=C(NCc1cccc(Cn2cccn2)c1)N1CCC(OCCCOC)CC1.I. The molecule has 1 aromatic heterocycles. The van der Waals surface area contributed by atoms with E-state index in [1.807, 2.05) is 30.2 Å². The molecule has 3 rings (SSSR count). The van der Waals surface area contributed by atoms with E-state index in [4.69, 9.17) is 9.47 Å². The molecule has 0 amide bonds. The number of hydrogen-bond acceptors (Lipinski definition) is 4. The number of aromatic nitrogens is 2. The van der Waals surface area contributed by atoms with Crippen LogP contribution < -0.4 is 5.32 Å². The van der Waals surface area contributed by atoms with Crippen molar-refractivity contribution in [2.45, 2.75) is 38.5 Å². The van der Waals surface area contributed by atoms with Crippen LogP contribution in [0.15, 0.2) is 47.7 Å². The number of guanidine groups is 1. The Hall–Kier alpha value is -1.65. The lowest BCUT2D eigenvalue weighted by atomic mass is 10.1. The molecule has 8 heteroatoms. The first-order chi connectivity index (χ1) is 14.3. The molecule has 0 spiro atoms. The van der Waals surface area contributed by atoms with E-state index >= 15 is 0 Å². The number of rotatable bonds is 9. The van der Waals surface area contributed by atoms with E-state index in [2.05, 4.69) is 44.6 Å². The monoisotopic (exact) mass is 527 g/mol. The fraction of sp³-hybridized carbons (Fsp3) is 0.545. The van der Waals surface area contributed by atoms with Gasteiger partial charge in [-0.2, -0.15) is 5.10 Å². The number of hydrogen-bond donors (Lipinski definition) is 1. The molecule has 1 fully saturated rings. The van der Waals surface area contributed by atoms with Crippen molar-refractivity contribution in [3.63, 3.8) is 0 Å². The second-order valence-electron chi connectivity index (χ2n) is 7.33. The van der Waals surface area contributed by atoms with Crippen LogP contribution >= 0.6 is 24.0 Å². The minimum Gasteiger partial charge on any atom is -0.385 e. The highest BCUT2D eigenvalue weighted by Crippen LogP contribution is 2.14. The van der Waals surface area contributed by atoms with Gasteiger partial charge in [-0.05, 0) is 36.5 Å². The number of nitrogens with one attached hydrogen (secondary N) is 1. The van der Waals surface area contributed by atoms with E-state index in [1.54, 1.807) is 7.11 Å². The molecule has 0 atom stereocenters. The van der Waals surface area contributed by atoms with Crippen molar-refractivity contribution in [3.05, 3.63) is 53.9 Å². The molecule has 0 saturated carbocycles. The summed E-state index contributed by atoms with van der Waals surface area (Å²) in [4.78, 5) is 6.80. The highest BCUT2D eigenvalue weighted by molar-refractivity contribution is 14.0. The molecule has 2 aromatic rings. The van der Waals surface area contributed by atoms with Crippen molar-refractivity contribution in [1.82, 2.24) is 20.0 Å². The topological polar surface area (TPSA) is 63.9 Å². The van der Waals surface area contributed by atoms with Gasteiger partial charge in [-0.3, -0.25) is 9.67 Å². The highest BCUT2D eigenvalue weighted by atomic mass is 127. The molecular weight excluding hydrogens is 493 g/mol. The van der Waals surface area contributed by atoms with Crippen LogP contribution in [0, 0.1) is 0 Å². The lowest BCUT2D eigenvalue weighted by molar-refractivity contribution is 0.00989. The number of aliphatic imine (C=N–C) groups is 1. The van der Waals surface area contributed by atoms with Crippen LogP contribution in [0.25, 0.3) is 0 Å². The number of halogens is 1. The first kappa shape index (κ1) is 24.6. The van der Waals surface area contributed by atoms with E-state index in [-0.39, 0.29) is 24.0 Å². The summed E-state index contributed by atoms with van der Waals surface area (Å²) in [5.74, 6) is 0.959. The fourth-order valence-electron chi connectivity index (χ4n) is 3.62. The molecule has 1 N–H and O–H groups in total. The van der Waals surface area contributed by atoms with Crippen molar-refractivity contribution < 1.29 is 9.47 Å². The lowest BCUT2D eigenvalue weighted by Crippen LogP contribution is -2.46. The zero-order chi connectivity index (χ0) is 20.3. The number of nitrogens with zero attached hydrogens (tertiary/aromatic N) is 4. The Bertz CT molecular complexity index is 746. The summed E-state index contributed by atoms with van der Waals surface area (Å²) in [6, 6.07) is 10.6. The van der Waals surface area contributed by atoms with Crippen molar-refractivity contribution in [2.24, 2.45) is 4.99 Å². The molecule has 2 heterocycles. The molecule has 7 nitrogen and oxygen atoms in total. The van der Waals surface area contributed by atoms with E-state index < -0.39 is 0 Å². The summed E-state index contributed by atoms with van der Waals surface area (Å²) in [7, 11) is 3.58. The number of piperidine rings is 1. The van der Waals surface area contributed by atoms with E-state index in [0.29, 0.717) is 6.10 Å². The molecule has 1 aliphatic heterocycles. The third kappa shape index (κ3) is 7.88. The molecule has 1 saturated heterocycles. The molecular formula is C22H34IN5O2. The maximum Gasteiger partial charge on any atom is 0.193 e. The molecule has 0 radical (unpaired) electrons. The number of likely N-dealkylation sites (tertiary alicyclic amines) is 1. The van der Waals surface area contributed by atoms with Gasteiger partial charge >= 0.3 is 0 Å². The summed E-state index contributed by atoms with van der Waals surface area (Å²) in [6.07, 6.45) is 7.17. The van der Waals surface area contributed by atoms with Gasteiger partial charge < -0.3 is 19.7 Å². The molecule has 1 aromatic carbocycles. The van der Waals surface area contributed by atoms with Crippen LogP contribution in [0.2, 0.25) is 0 Å². The van der Waals surface area contributed by atoms with Gasteiger partial charge in [-0.25, -0.2) is 0 Å². The molecule has 1 aliphatic rings. The zero-order valence-corrected chi connectivity index (χ0v) is 20.3. The minimum atomic E-state index is 0. The van der Waals surface area contributed by atoms with Crippen LogP contribution in [0.3, 0.4) is 0 Å². The van der Waals surface area contributed by atoms with Crippen molar-refractivity contribution >= 4 is 29.9 Å². The average molecular weight is 527 g/mol. The number of methoxy groups -OCH3 is 1. The normalized spacial score (nSPS) is 15.1. The summed E-state index contributed by atoms with van der Waals surface area (Å²) < 4.78 is 13.0. The third-order valence-electron chi connectivity index (χ3n) is 5.15. The van der Waals surface area contributed by atoms with Gasteiger partial charge in [0.25, 0.3) is 0 Å². The van der Waals surface area contributed by atoms with Gasteiger partial charge in [0.1, 0.15) is 0 Å². The predicted octanol–water partition coefficient (Wildman–Crippen LogP) is 3.14. The predicted molar refractivity (Wildman–Crippen MR) is 130 cm³/mol. The molecule has 0 aliphatic carbocycles. The summed E-state index contributed by atoms with van der Waals surface area (Å²) in [6.45, 7) is 5.02. The Morgan fingerprint density at radius 1 is 1.20 bits per heavy atom. The van der Waals surface area contributed by atoms with Gasteiger partial charge in [0.2, 0.25) is 0 Å². The zero-order valence-electron chi connectivity index (χ0n) is 18.0. The van der Waals surface area contributed by atoms with Crippen molar-refractivity contribution in [1.29, 1.82) is 0 Å². The Morgan fingerprint density at radius 2 is 2.00 bits per heavy atom. The molecule has 0 bridgehead atoms. The Kier molecular flexibility index (Phi) is 11.2. The van der Waals surface area contributed by atoms with E-state index in [9.17, 15) is 0 Å². The van der Waals surface area contributed by atoms with Crippen molar-refractivity contribution in [3.8, 4) is 0 Å². The van der Waals surface area contributed by atoms with Crippen LogP contribution in [0.1, 0.15) is 30.4 Å². The van der Waals surface area contributed by atoms with Crippen LogP contribution in [-0.4, -0.2) is 67.2 Å². The quantitative estimate of drug-likeness (QED) is 0.235. The second kappa shape index (κ2) is 13.6. The maximum absolute atomic E-state index is 5.96. The van der Waals surface area contributed by atoms with Crippen LogP contribution in [0.5, 0.6) is 0 Å². The second-order valence-corrected chi connectivity index (χ2v) is 7.33. The Morgan fingerprint density at radius 3 is 2.70 bits per heavy atom. The fourth-order valence-corrected chi connectivity index (χ4v) is 3.62. The van der Waals surface area contributed by atoms with Gasteiger partial charge in [-0.15, -0.1) is 24.0 Å². The van der Waals surface area contributed by atoms with Crippen LogP contribution in [-0.2, 0) is 22.6 Å². The van der Waals surface area contributed by atoms with E-state index in [1.165, 1.54) is 11.1 Å². The first-order valence-corrected chi connectivity index (χ1v) is 10.4. The molecule has 166 valence electrons. The first-order valence-electron chi connectivity index (χ1n) is 10.4. The molecule has 0 unspecified atom stereocenters. The van der Waals surface area contributed by atoms with Gasteiger partial charge in [0.15, 0.2) is 5.96 Å². The summed E-state index contributed by atoms with van der Waals surface area (Å²) >= 11 is 0.